The second kappa shape index (κ2) is 6.71. The first kappa shape index (κ1) is 17.6. The van der Waals surface area contributed by atoms with Crippen LogP contribution in [0.3, 0.4) is 0 Å². The molecule has 2 saturated heterocycles. The maximum absolute atomic E-state index is 12.8. The highest BCUT2D eigenvalue weighted by atomic mass is 16.5. The molecule has 6 nitrogen and oxygen atoms in total. The van der Waals surface area contributed by atoms with Gasteiger partial charge in [0.05, 0.1) is 0 Å². The van der Waals surface area contributed by atoms with Gasteiger partial charge in [0.25, 0.3) is 5.91 Å². The van der Waals surface area contributed by atoms with Crippen LogP contribution in [0.15, 0.2) is 10.6 Å². The van der Waals surface area contributed by atoms with Crippen LogP contribution in [0.5, 0.6) is 0 Å². The molecule has 142 valence electrons. The average molecular weight is 359 g/mol. The predicted octanol–water partition coefficient (Wildman–Crippen LogP) is 3.05. The summed E-state index contributed by atoms with van der Waals surface area (Å²) in [5, 5.41) is 3.94. The quantitative estimate of drug-likeness (QED) is 0.832. The fourth-order valence-electron chi connectivity index (χ4n) is 4.56. The summed E-state index contributed by atoms with van der Waals surface area (Å²) < 4.78 is 5.26. The van der Waals surface area contributed by atoms with Crippen LogP contribution in [-0.2, 0) is 4.79 Å². The molecular weight excluding hydrogens is 330 g/mol. The molecule has 1 saturated carbocycles. The molecule has 3 heterocycles. The maximum atomic E-state index is 12.8. The van der Waals surface area contributed by atoms with Crippen LogP contribution in [0.4, 0.5) is 0 Å². The van der Waals surface area contributed by atoms with Gasteiger partial charge >= 0.3 is 0 Å². The first-order valence-electron chi connectivity index (χ1n) is 10.0. The topological polar surface area (TPSA) is 66.7 Å². The number of carbonyl (C=O) groups is 2. The number of carbonyl (C=O) groups excluding carboxylic acids is 2. The van der Waals surface area contributed by atoms with E-state index in [-0.39, 0.29) is 23.2 Å². The van der Waals surface area contributed by atoms with Gasteiger partial charge in [-0.3, -0.25) is 9.59 Å². The van der Waals surface area contributed by atoms with Gasteiger partial charge in [0.15, 0.2) is 5.69 Å². The Kier molecular flexibility index (Phi) is 4.53. The van der Waals surface area contributed by atoms with Gasteiger partial charge in [0.1, 0.15) is 5.76 Å². The number of nitrogens with zero attached hydrogens (tertiary/aromatic N) is 3. The fourth-order valence-corrected chi connectivity index (χ4v) is 4.56. The van der Waals surface area contributed by atoms with Crippen LogP contribution < -0.4 is 0 Å². The third kappa shape index (κ3) is 3.14. The van der Waals surface area contributed by atoms with E-state index in [1.54, 1.807) is 6.07 Å². The lowest BCUT2D eigenvalue weighted by atomic mass is 9.90. The molecule has 0 bridgehead atoms. The molecule has 1 aliphatic carbocycles. The average Bonchev–Trinajstić information content (AvgIpc) is 3.13. The Balaban J connectivity index is 1.33. The van der Waals surface area contributed by atoms with E-state index in [2.05, 4.69) is 10.1 Å². The molecule has 26 heavy (non-hydrogen) atoms. The maximum Gasteiger partial charge on any atom is 0.276 e. The summed E-state index contributed by atoms with van der Waals surface area (Å²) in [6.45, 7) is 7.33. The summed E-state index contributed by atoms with van der Waals surface area (Å²) in [6, 6.07) is 1.76. The molecule has 0 aromatic carbocycles. The van der Waals surface area contributed by atoms with Gasteiger partial charge in [-0.1, -0.05) is 19.0 Å². The Labute approximate surface area is 154 Å². The van der Waals surface area contributed by atoms with Gasteiger partial charge < -0.3 is 14.3 Å². The van der Waals surface area contributed by atoms with Crippen molar-refractivity contribution in [3.8, 4) is 0 Å². The highest BCUT2D eigenvalue weighted by Crippen LogP contribution is 2.60. The van der Waals surface area contributed by atoms with Gasteiger partial charge in [-0.2, -0.15) is 0 Å². The van der Waals surface area contributed by atoms with Gasteiger partial charge in [-0.05, 0) is 43.9 Å². The standard InChI is InChI=1S/C20H29N3O3/c1-14(2)17-12-16(21-26-17)19(25)23-10-6-20(7-11-23)13-15(20)18(24)22-8-4-3-5-9-22/h12,14-15H,3-11,13H2,1-2H3/t15-/m1/s1. The first-order chi connectivity index (χ1) is 12.5. The molecule has 0 N–H and O–H groups in total. The van der Waals surface area contributed by atoms with Crippen molar-refractivity contribution in [1.29, 1.82) is 0 Å². The van der Waals surface area contributed by atoms with Crippen molar-refractivity contribution in [2.75, 3.05) is 26.2 Å². The highest BCUT2D eigenvalue weighted by Gasteiger charge is 2.59. The van der Waals surface area contributed by atoms with Crippen molar-refractivity contribution in [2.45, 2.75) is 58.3 Å². The van der Waals surface area contributed by atoms with Crippen LogP contribution in [0.25, 0.3) is 0 Å². The normalized spacial score (nSPS) is 25.0. The Bertz CT molecular complexity index is 682. The van der Waals surface area contributed by atoms with Gasteiger partial charge in [-0.25, -0.2) is 0 Å². The Hall–Kier alpha value is -1.85. The van der Waals surface area contributed by atoms with Gasteiger partial charge in [-0.15, -0.1) is 0 Å². The van der Waals surface area contributed by atoms with Crippen LogP contribution >= 0.6 is 0 Å². The SMILES string of the molecule is CC(C)c1cc(C(=O)N2CCC3(CC2)C[C@@H]3C(=O)N2CCCCC2)no1. The minimum Gasteiger partial charge on any atom is -0.360 e. The van der Waals surface area contributed by atoms with E-state index in [0.717, 1.165) is 51.0 Å². The van der Waals surface area contributed by atoms with E-state index in [9.17, 15) is 9.59 Å². The number of aromatic nitrogens is 1. The lowest BCUT2D eigenvalue weighted by Gasteiger charge is -2.33. The number of amides is 2. The molecule has 1 aromatic heterocycles. The largest absolute Gasteiger partial charge is 0.360 e. The lowest BCUT2D eigenvalue weighted by molar-refractivity contribution is -0.134. The zero-order valence-electron chi connectivity index (χ0n) is 15.9. The van der Waals surface area contributed by atoms with Crippen molar-refractivity contribution in [2.24, 2.45) is 11.3 Å². The molecule has 1 spiro atoms. The first-order valence-corrected chi connectivity index (χ1v) is 10.0. The Morgan fingerprint density at radius 2 is 1.81 bits per heavy atom. The third-order valence-corrected chi connectivity index (χ3v) is 6.52. The molecule has 3 fully saturated rings. The van der Waals surface area contributed by atoms with Crippen LogP contribution in [0.1, 0.15) is 74.5 Å². The van der Waals surface area contributed by atoms with E-state index in [1.807, 2.05) is 18.7 Å². The number of piperidine rings is 2. The molecule has 1 atom stereocenters. The molecule has 2 amide bonds. The summed E-state index contributed by atoms with van der Waals surface area (Å²) >= 11 is 0. The number of hydrogen-bond donors (Lipinski definition) is 0. The fraction of sp³-hybridized carbons (Fsp3) is 0.750. The minimum absolute atomic E-state index is 0.0462. The van der Waals surface area contributed by atoms with E-state index >= 15 is 0 Å². The van der Waals surface area contributed by atoms with Gasteiger partial charge in [0.2, 0.25) is 5.91 Å². The number of likely N-dealkylation sites (tertiary alicyclic amines) is 2. The highest BCUT2D eigenvalue weighted by molar-refractivity contribution is 5.92. The summed E-state index contributed by atoms with van der Waals surface area (Å²) in [5.74, 6) is 1.48. The summed E-state index contributed by atoms with van der Waals surface area (Å²) in [5.41, 5.74) is 0.555. The van der Waals surface area contributed by atoms with Crippen LogP contribution in [-0.4, -0.2) is 52.9 Å². The van der Waals surface area contributed by atoms with Crippen LogP contribution in [0.2, 0.25) is 0 Å². The van der Waals surface area contributed by atoms with E-state index < -0.39 is 0 Å². The lowest BCUT2D eigenvalue weighted by Crippen LogP contribution is -2.42. The van der Waals surface area contributed by atoms with Crippen molar-refractivity contribution >= 4 is 11.8 Å². The van der Waals surface area contributed by atoms with Crippen molar-refractivity contribution in [3.05, 3.63) is 17.5 Å². The zero-order valence-corrected chi connectivity index (χ0v) is 15.9. The number of hydrogen-bond acceptors (Lipinski definition) is 4. The second-order valence-corrected chi connectivity index (χ2v) is 8.57. The molecule has 3 aliphatic rings. The van der Waals surface area contributed by atoms with Gasteiger partial charge in [0, 0.05) is 44.1 Å². The van der Waals surface area contributed by atoms with Crippen molar-refractivity contribution in [3.63, 3.8) is 0 Å². The predicted molar refractivity (Wildman–Crippen MR) is 96.7 cm³/mol. The molecule has 0 radical (unpaired) electrons. The molecule has 0 unspecified atom stereocenters. The summed E-state index contributed by atoms with van der Waals surface area (Å²) in [6.07, 6.45) is 6.40. The molecule has 6 heteroatoms. The minimum atomic E-state index is -0.0462. The Morgan fingerprint density at radius 3 is 2.42 bits per heavy atom. The number of rotatable bonds is 3. The smallest absolute Gasteiger partial charge is 0.276 e. The summed E-state index contributed by atoms with van der Waals surface area (Å²) in [7, 11) is 0. The van der Waals surface area contributed by atoms with Crippen molar-refractivity contribution < 1.29 is 14.1 Å². The molecule has 2 aliphatic heterocycles. The zero-order chi connectivity index (χ0) is 18.3. The molecular formula is C20H29N3O3. The molecule has 1 aromatic rings. The van der Waals surface area contributed by atoms with E-state index in [0.29, 0.717) is 24.7 Å². The van der Waals surface area contributed by atoms with Crippen LogP contribution in [0, 0.1) is 11.3 Å². The molecule has 4 rings (SSSR count). The monoisotopic (exact) mass is 359 g/mol. The van der Waals surface area contributed by atoms with E-state index in [4.69, 9.17) is 4.52 Å². The summed E-state index contributed by atoms with van der Waals surface area (Å²) in [4.78, 5) is 29.4. The van der Waals surface area contributed by atoms with E-state index in [1.165, 1.54) is 6.42 Å². The Morgan fingerprint density at radius 1 is 1.12 bits per heavy atom. The third-order valence-electron chi connectivity index (χ3n) is 6.52. The second-order valence-electron chi connectivity index (χ2n) is 8.57. The van der Waals surface area contributed by atoms with Crippen molar-refractivity contribution in [1.82, 2.24) is 15.0 Å².